The number of hydrogen-bond donors (Lipinski definition) is 0. The van der Waals surface area contributed by atoms with E-state index >= 15 is 0 Å². The van der Waals surface area contributed by atoms with Crippen LogP contribution in [0.3, 0.4) is 0 Å². The molecule has 19 heavy (non-hydrogen) atoms. The standard InChI is InChI=1S/C12H15N3O4/c1-4-19-11(16)8-7-10-13-6-5-9(15(10)14-8)12(17-2)18-3/h5-7,12H,4H2,1-3H3. The highest BCUT2D eigenvalue weighted by atomic mass is 16.7. The topological polar surface area (TPSA) is 75.0 Å². The van der Waals surface area contributed by atoms with Crippen LogP contribution in [0.1, 0.15) is 29.4 Å². The summed E-state index contributed by atoms with van der Waals surface area (Å²) in [6.07, 6.45) is 1.02. The van der Waals surface area contributed by atoms with Crippen molar-refractivity contribution in [1.29, 1.82) is 0 Å². The third kappa shape index (κ3) is 2.56. The van der Waals surface area contributed by atoms with E-state index in [0.29, 0.717) is 17.9 Å². The van der Waals surface area contributed by atoms with Gasteiger partial charge in [-0.15, -0.1) is 0 Å². The van der Waals surface area contributed by atoms with Gasteiger partial charge >= 0.3 is 5.97 Å². The number of rotatable bonds is 5. The lowest BCUT2D eigenvalue weighted by Gasteiger charge is -2.14. The minimum absolute atomic E-state index is 0.202. The quantitative estimate of drug-likeness (QED) is 0.597. The van der Waals surface area contributed by atoms with E-state index in [1.54, 1.807) is 25.3 Å². The van der Waals surface area contributed by atoms with Gasteiger partial charge in [0.1, 0.15) is 5.69 Å². The van der Waals surface area contributed by atoms with Gasteiger partial charge in [-0.25, -0.2) is 14.3 Å². The minimum Gasteiger partial charge on any atom is -0.461 e. The Balaban J connectivity index is 2.47. The van der Waals surface area contributed by atoms with Crippen LogP contribution in [0.25, 0.3) is 5.65 Å². The lowest BCUT2D eigenvalue weighted by atomic mass is 10.4. The summed E-state index contributed by atoms with van der Waals surface area (Å²) in [5.74, 6) is -0.481. The van der Waals surface area contributed by atoms with Crippen LogP contribution in [-0.2, 0) is 14.2 Å². The molecule has 0 bridgehead atoms. The molecule has 2 aromatic rings. The monoisotopic (exact) mass is 265 g/mol. The molecule has 7 nitrogen and oxygen atoms in total. The molecule has 0 aromatic carbocycles. The van der Waals surface area contributed by atoms with Gasteiger partial charge < -0.3 is 14.2 Å². The Morgan fingerprint density at radius 2 is 2.16 bits per heavy atom. The molecule has 0 aliphatic heterocycles. The first kappa shape index (κ1) is 13.4. The van der Waals surface area contributed by atoms with Crippen LogP contribution in [0, 0.1) is 0 Å². The summed E-state index contributed by atoms with van der Waals surface area (Å²) in [4.78, 5) is 15.8. The average molecular weight is 265 g/mol. The summed E-state index contributed by atoms with van der Waals surface area (Å²) >= 11 is 0. The number of methoxy groups -OCH3 is 2. The van der Waals surface area contributed by atoms with Gasteiger partial charge in [0.2, 0.25) is 6.29 Å². The Bertz CT molecular complexity index is 577. The molecule has 0 N–H and O–H groups in total. The Morgan fingerprint density at radius 3 is 2.79 bits per heavy atom. The van der Waals surface area contributed by atoms with Crippen molar-refractivity contribution in [3.63, 3.8) is 0 Å². The van der Waals surface area contributed by atoms with E-state index in [2.05, 4.69) is 10.1 Å². The Morgan fingerprint density at radius 1 is 1.42 bits per heavy atom. The minimum atomic E-state index is -0.583. The van der Waals surface area contributed by atoms with Crippen LogP contribution in [0.4, 0.5) is 0 Å². The van der Waals surface area contributed by atoms with E-state index in [9.17, 15) is 4.79 Å². The highest BCUT2D eigenvalue weighted by Gasteiger charge is 2.18. The molecule has 0 fully saturated rings. The zero-order valence-electron chi connectivity index (χ0n) is 11.0. The molecule has 0 aliphatic carbocycles. The maximum absolute atomic E-state index is 11.6. The Kier molecular flexibility index (Phi) is 4.08. The number of ether oxygens (including phenoxy) is 3. The summed E-state index contributed by atoms with van der Waals surface area (Å²) in [5.41, 5.74) is 1.37. The lowest BCUT2D eigenvalue weighted by Crippen LogP contribution is -2.11. The molecule has 2 aromatic heterocycles. The maximum Gasteiger partial charge on any atom is 0.358 e. The predicted octanol–water partition coefficient (Wildman–Crippen LogP) is 1.20. The number of carbonyl (C=O) groups excluding carboxylic acids is 1. The molecule has 102 valence electrons. The number of fused-ring (bicyclic) bond motifs is 1. The molecule has 7 heteroatoms. The van der Waals surface area contributed by atoms with E-state index in [4.69, 9.17) is 14.2 Å². The molecule has 0 saturated carbocycles. The van der Waals surface area contributed by atoms with Crippen LogP contribution in [0.5, 0.6) is 0 Å². The fraction of sp³-hybridized carbons (Fsp3) is 0.417. The van der Waals surface area contributed by atoms with Crippen LogP contribution in [0.15, 0.2) is 18.3 Å². The predicted molar refractivity (Wildman–Crippen MR) is 65.7 cm³/mol. The number of aromatic nitrogens is 3. The van der Waals surface area contributed by atoms with Gasteiger partial charge in [-0.3, -0.25) is 0 Å². The molecule has 2 rings (SSSR count). The van der Waals surface area contributed by atoms with Crippen molar-refractivity contribution in [2.24, 2.45) is 0 Å². The second kappa shape index (κ2) is 5.77. The summed E-state index contributed by atoms with van der Waals surface area (Å²) in [5, 5.41) is 4.17. The fourth-order valence-electron chi connectivity index (χ4n) is 1.73. The third-order valence-electron chi connectivity index (χ3n) is 2.54. The second-order valence-corrected chi connectivity index (χ2v) is 3.69. The number of esters is 1. The molecule has 0 unspecified atom stereocenters. The van der Waals surface area contributed by atoms with Crippen molar-refractivity contribution in [2.75, 3.05) is 20.8 Å². The summed E-state index contributed by atoms with van der Waals surface area (Å²) in [6, 6.07) is 3.27. The average Bonchev–Trinajstić information content (AvgIpc) is 2.85. The smallest absolute Gasteiger partial charge is 0.358 e. The van der Waals surface area contributed by atoms with Crippen LogP contribution < -0.4 is 0 Å². The highest BCUT2D eigenvalue weighted by Crippen LogP contribution is 2.18. The van der Waals surface area contributed by atoms with Gasteiger partial charge in [-0.2, -0.15) is 5.10 Å². The third-order valence-corrected chi connectivity index (χ3v) is 2.54. The normalized spacial score (nSPS) is 11.2. The van der Waals surface area contributed by atoms with Crippen molar-refractivity contribution >= 4 is 11.6 Å². The first-order valence-corrected chi connectivity index (χ1v) is 5.78. The Hall–Kier alpha value is -1.99. The zero-order valence-corrected chi connectivity index (χ0v) is 11.0. The molecule has 2 heterocycles. The van der Waals surface area contributed by atoms with E-state index in [1.165, 1.54) is 18.7 Å². The van der Waals surface area contributed by atoms with Crippen molar-refractivity contribution in [3.8, 4) is 0 Å². The number of carbonyl (C=O) groups is 1. The van der Waals surface area contributed by atoms with E-state index in [0.717, 1.165) is 0 Å². The summed E-state index contributed by atoms with van der Waals surface area (Å²) in [6.45, 7) is 2.04. The van der Waals surface area contributed by atoms with Gasteiger partial charge in [0.25, 0.3) is 0 Å². The first-order chi connectivity index (χ1) is 9.21. The van der Waals surface area contributed by atoms with Gasteiger partial charge in [0.05, 0.1) is 6.61 Å². The molecule has 0 spiro atoms. The van der Waals surface area contributed by atoms with Crippen molar-refractivity contribution in [3.05, 3.63) is 29.7 Å². The SMILES string of the molecule is CCOC(=O)c1cc2nccc(C(OC)OC)n2n1. The Labute approximate surface area is 110 Å². The highest BCUT2D eigenvalue weighted by molar-refractivity contribution is 5.88. The molecular formula is C12H15N3O4. The number of nitrogens with zero attached hydrogens (tertiary/aromatic N) is 3. The lowest BCUT2D eigenvalue weighted by molar-refractivity contribution is -0.109. The molecule has 0 amide bonds. The van der Waals surface area contributed by atoms with Gasteiger partial charge in [-0.05, 0) is 13.0 Å². The van der Waals surface area contributed by atoms with E-state index < -0.39 is 12.3 Å². The summed E-state index contributed by atoms with van der Waals surface area (Å²) in [7, 11) is 3.05. The molecule has 0 radical (unpaired) electrons. The van der Waals surface area contributed by atoms with Crippen molar-refractivity contribution in [2.45, 2.75) is 13.2 Å². The van der Waals surface area contributed by atoms with E-state index in [-0.39, 0.29) is 5.69 Å². The van der Waals surface area contributed by atoms with Crippen molar-refractivity contribution < 1.29 is 19.0 Å². The second-order valence-electron chi connectivity index (χ2n) is 3.69. The largest absolute Gasteiger partial charge is 0.461 e. The number of hydrogen-bond acceptors (Lipinski definition) is 6. The maximum atomic E-state index is 11.6. The van der Waals surface area contributed by atoms with Gasteiger partial charge in [0.15, 0.2) is 11.3 Å². The van der Waals surface area contributed by atoms with Gasteiger partial charge in [-0.1, -0.05) is 0 Å². The first-order valence-electron chi connectivity index (χ1n) is 5.78. The van der Waals surface area contributed by atoms with Crippen LogP contribution in [-0.4, -0.2) is 41.4 Å². The molecule has 0 saturated heterocycles. The molecule has 0 aliphatic rings. The molecular weight excluding hydrogens is 250 g/mol. The summed E-state index contributed by atoms with van der Waals surface area (Å²) < 4.78 is 16.8. The van der Waals surface area contributed by atoms with Gasteiger partial charge in [0, 0.05) is 26.5 Å². The van der Waals surface area contributed by atoms with E-state index in [1.807, 2.05) is 0 Å². The van der Waals surface area contributed by atoms with Crippen LogP contribution in [0.2, 0.25) is 0 Å². The van der Waals surface area contributed by atoms with Crippen LogP contribution >= 0.6 is 0 Å². The molecule has 0 atom stereocenters. The zero-order chi connectivity index (χ0) is 13.8. The fourth-order valence-corrected chi connectivity index (χ4v) is 1.73. The van der Waals surface area contributed by atoms with Crippen molar-refractivity contribution in [1.82, 2.24) is 14.6 Å².